The quantitative estimate of drug-likeness (QED) is 0.188. The van der Waals surface area contributed by atoms with E-state index in [0.29, 0.717) is 0 Å². The molecular weight excluding hydrogens is 551 g/mol. The molecule has 0 radical (unpaired) electrons. The van der Waals surface area contributed by atoms with E-state index in [0.717, 1.165) is 17.1 Å². The maximum atomic E-state index is 2.36. The van der Waals surface area contributed by atoms with Crippen molar-refractivity contribution in [3.8, 4) is 11.1 Å². The van der Waals surface area contributed by atoms with Gasteiger partial charge in [-0.25, -0.2) is 0 Å². The summed E-state index contributed by atoms with van der Waals surface area (Å²) in [5, 5.41) is 10.4. The highest BCUT2D eigenvalue weighted by molar-refractivity contribution is 7.25. The maximum Gasteiger partial charge on any atom is 0.0468 e. The molecule has 9 rings (SSSR count). The largest absolute Gasteiger partial charge is 0.310 e. The summed E-state index contributed by atoms with van der Waals surface area (Å²) >= 11 is 1.86. The number of rotatable bonds is 4. The van der Waals surface area contributed by atoms with Crippen LogP contribution in [0.3, 0.4) is 0 Å². The zero-order valence-electron chi connectivity index (χ0n) is 23.9. The average Bonchev–Trinajstić information content (AvgIpc) is 3.47. The van der Waals surface area contributed by atoms with E-state index in [1.54, 1.807) is 0 Å². The van der Waals surface area contributed by atoms with Gasteiger partial charge in [-0.15, -0.1) is 11.3 Å². The van der Waals surface area contributed by atoms with E-state index in [1.165, 1.54) is 63.6 Å². The maximum absolute atomic E-state index is 2.36. The second-order valence-corrected chi connectivity index (χ2v) is 12.4. The standard InChI is InChI=1S/C42H27NS/c1-2-11-31(12-3-1)43(33-24-25-41-39(27-33)36-15-8-9-17-40(36)44-41)32-22-20-29(21-23-32)38-26-30-19-18-28-10-4-5-13-34(28)42(30)37-16-7-6-14-35(37)38/h1-27H. The third-order valence-electron chi connectivity index (χ3n) is 8.82. The number of hydrogen-bond donors (Lipinski definition) is 0. The first kappa shape index (κ1) is 25.1. The van der Waals surface area contributed by atoms with Gasteiger partial charge in [-0.05, 0) is 98.0 Å². The highest BCUT2D eigenvalue weighted by Gasteiger charge is 2.16. The van der Waals surface area contributed by atoms with Crippen LogP contribution in [0.25, 0.3) is 63.6 Å². The smallest absolute Gasteiger partial charge is 0.0468 e. The summed E-state index contributed by atoms with van der Waals surface area (Å²) in [6, 6.07) is 59.7. The van der Waals surface area contributed by atoms with E-state index >= 15 is 0 Å². The van der Waals surface area contributed by atoms with E-state index in [4.69, 9.17) is 0 Å². The number of nitrogens with zero attached hydrogens (tertiary/aromatic N) is 1. The number of hydrogen-bond acceptors (Lipinski definition) is 2. The van der Waals surface area contributed by atoms with E-state index in [2.05, 4.69) is 169 Å². The molecule has 0 aliphatic rings. The summed E-state index contributed by atoms with van der Waals surface area (Å²) in [4.78, 5) is 2.36. The molecule has 0 atom stereocenters. The SMILES string of the molecule is c1ccc(N(c2ccc(-c3cc4ccc5ccccc5c4c4ccccc34)cc2)c2ccc3sc4ccccc4c3c2)cc1. The Kier molecular flexibility index (Phi) is 5.75. The highest BCUT2D eigenvalue weighted by atomic mass is 32.1. The zero-order chi connectivity index (χ0) is 29.0. The first-order chi connectivity index (χ1) is 21.8. The Bertz CT molecular complexity index is 2490. The fourth-order valence-electron chi connectivity index (χ4n) is 6.78. The molecule has 2 heteroatoms. The predicted molar refractivity (Wildman–Crippen MR) is 192 cm³/mol. The molecule has 1 nitrogen and oxygen atoms in total. The van der Waals surface area contributed by atoms with Crippen molar-refractivity contribution in [3.63, 3.8) is 0 Å². The Hall–Kier alpha value is -5.44. The molecule has 0 aliphatic carbocycles. The van der Waals surface area contributed by atoms with Crippen molar-refractivity contribution in [1.82, 2.24) is 0 Å². The molecule has 0 amide bonds. The minimum absolute atomic E-state index is 1.13. The van der Waals surface area contributed by atoms with Crippen LogP contribution < -0.4 is 4.90 Å². The first-order valence-corrected chi connectivity index (χ1v) is 15.8. The third-order valence-corrected chi connectivity index (χ3v) is 9.97. The van der Waals surface area contributed by atoms with E-state index in [9.17, 15) is 0 Å². The molecule has 9 aromatic rings. The zero-order valence-corrected chi connectivity index (χ0v) is 24.8. The summed E-state index contributed by atoms with van der Waals surface area (Å²) in [6.45, 7) is 0. The Morgan fingerprint density at radius 1 is 0.364 bits per heavy atom. The molecule has 44 heavy (non-hydrogen) atoms. The summed E-state index contributed by atoms with van der Waals surface area (Å²) in [6.07, 6.45) is 0. The van der Waals surface area contributed by atoms with Crippen molar-refractivity contribution in [1.29, 1.82) is 0 Å². The van der Waals surface area contributed by atoms with Crippen LogP contribution in [0.4, 0.5) is 17.1 Å². The van der Waals surface area contributed by atoms with Gasteiger partial charge in [-0.3, -0.25) is 0 Å². The lowest BCUT2D eigenvalue weighted by Gasteiger charge is -2.26. The number of benzene rings is 8. The van der Waals surface area contributed by atoms with Gasteiger partial charge in [0.25, 0.3) is 0 Å². The monoisotopic (exact) mass is 577 g/mol. The van der Waals surface area contributed by atoms with Crippen LogP contribution in [-0.2, 0) is 0 Å². The lowest BCUT2D eigenvalue weighted by molar-refractivity contribution is 1.29. The molecule has 0 bridgehead atoms. The van der Waals surface area contributed by atoms with Crippen molar-refractivity contribution in [2.24, 2.45) is 0 Å². The number of para-hydroxylation sites is 1. The third kappa shape index (κ3) is 4.00. The van der Waals surface area contributed by atoms with Gasteiger partial charge >= 0.3 is 0 Å². The minimum Gasteiger partial charge on any atom is -0.310 e. The van der Waals surface area contributed by atoms with Crippen molar-refractivity contribution in [2.45, 2.75) is 0 Å². The summed E-state index contributed by atoms with van der Waals surface area (Å²) in [5.41, 5.74) is 5.90. The van der Waals surface area contributed by atoms with Gasteiger partial charge in [0, 0.05) is 37.2 Å². The van der Waals surface area contributed by atoms with Crippen molar-refractivity contribution < 1.29 is 0 Å². The second kappa shape index (κ2) is 10.1. The molecule has 8 aromatic carbocycles. The first-order valence-electron chi connectivity index (χ1n) is 15.0. The molecular formula is C42H27NS. The number of anilines is 3. The molecule has 0 spiro atoms. The molecule has 0 unspecified atom stereocenters. The van der Waals surface area contributed by atoms with Crippen molar-refractivity contribution in [2.75, 3.05) is 4.90 Å². The van der Waals surface area contributed by atoms with Crippen LogP contribution in [-0.4, -0.2) is 0 Å². The Morgan fingerprint density at radius 3 is 1.82 bits per heavy atom. The Morgan fingerprint density at radius 2 is 0.977 bits per heavy atom. The average molecular weight is 578 g/mol. The molecule has 0 saturated heterocycles. The Labute approximate surface area is 259 Å². The molecule has 1 aromatic heterocycles. The van der Waals surface area contributed by atoms with E-state index in [-0.39, 0.29) is 0 Å². The van der Waals surface area contributed by atoms with Crippen LogP contribution in [0.5, 0.6) is 0 Å². The van der Waals surface area contributed by atoms with Gasteiger partial charge in [0.2, 0.25) is 0 Å². The number of thiophene rings is 1. The van der Waals surface area contributed by atoms with E-state index in [1.807, 2.05) is 11.3 Å². The molecule has 0 saturated carbocycles. The number of fused-ring (bicyclic) bond motifs is 8. The van der Waals surface area contributed by atoms with Crippen LogP contribution in [0.2, 0.25) is 0 Å². The lowest BCUT2D eigenvalue weighted by Crippen LogP contribution is -2.09. The summed E-state index contributed by atoms with van der Waals surface area (Å²) in [5.74, 6) is 0. The summed E-state index contributed by atoms with van der Waals surface area (Å²) in [7, 11) is 0. The fourth-order valence-corrected chi connectivity index (χ4v) is 7.87. The van der Waals surface area contributed by atoms with E-state index < -0.39 is 0 Å². The van der Waals surface area contributed by atoms with Gasteiger partial charge in [0.05, 0.1) is 0 Å². The van der Waals surface area contributed by atoms with Crippen molar-refractivity contribution >= 4 is 80.9 Å². The summed E-state index contributed by atoms with van der Waals surface area (Å²) < 4.78 is 2.64. The minimum atomic E-state index is 1.13. The predicted octanol–water partition coefficient (Wildman–Crippen LogP) is 12.7. The molecule has 206 valence electrons. The van der Waals surface area contributed by atoms with Crippen LogP contribution >= 0.6 is 11.3 Å². The highest BCUT2D eigenvalue weighted by Crippen LogP contribution is 2.42. The van der Waals surface area contributed by atoms with Gasteiger partial charge in [-0.2, -0.15) is 0 Å². The Balaban J connectivity index is 1.20. The van der Waals surface area contributed by atoms with Gasteiger partial charge in [0.15, 0.2) is 0 Å². The lowest BCUT2D eigenvalue weighted by atomic mass is 9.91. The van der Waals surface area contributed by atoms with Crippen LogP contribution in [0.15, 0.2) is 164 Å². The van der Waals surface area contributed by atoms with Gasteiger partial charge in [0.1, 0.15) is 0 Å². The molecule has 0 N–H and O–H groups in total. The second-order valence-electron chi connectivity index (χ2n) is 11.4. The normalized spacial score (nSPS) is 11.6. The molecule has 0 fully saturated rings. The molecule has 0 aliphatic heterocycles. The van der Waals surface area contributed by atoms with Gasteiger partial charge in [-0.1, -0.05) is 109 Å². The fraction of sp³-hybridized carbons (Fsp3) is 0. The van der Waals surface area contributed by atoms with Crippen LogP contribution in [0, 0.1) is 0 Å². The van der Waals surface area contributed by atoms with Gasteiger partial charge < -0.3 is 4.90 Å². The topological polar surface area (TPSA) is 3.24 Å². The van der Waals surface area contributed by atoms with Crippen LogP contribution in [0.1, 0.15) is 0 Å². The molecule has 1 heterocycles. The van der Waals surface area contributed by atoms with Crippen molar-refractivity contribution in [3.05, 3.63) is 164 Å².